The second-order valence-corrected chi connectivity index (χ2v) is 7.24. The Kier molecular flexibility index (Phi) is 5.36. The van der Waals surface area contributed by atoms with Crippen LogP contribution in [0.15, 0.2) is 0 Å². The van der Waals surface area contributed by atoms with E-state index in [9.17, 15) is 5.11 Å². The SMILES string of the molecule is OC1CCCCC1CN1CCC(N2CCCCC2)CC1. The van der Waals surface area contributed by atoms with E-state index in [1.807, 2.05) is 0 Å². The summed E-state index contributed by atoms with van der Waals surface area (Å²) in [4.78, 5) is 5.37. The standard InChI is InChI=1S/C17H32N2O/c20-17-7-3-2-6-15(17)14-18-12-8-16(9-13-18)19-10-4-1-5-11-19/h15-17,20H,1-14H2. The van der Waals surface area contributed by atoms with Gasteiger partial charge in [-0.05, 0) is 70.6 Å². The highest BCUT2D eigenvalue weighted by molar-refractivity contribution is 4.84. The van der Waals surface area contributed by atoms with Crippen LogP contribution in [0, 0.1) is 5.92 Å². The molecule has 3 heteroatoms. The lowest BCUT2D eigenvalue weighted by Gasteiger charge is -2.41. The van der Waals surface area contributed by atoms with Gasteiger partial charge in [0, 0.05) is 12.6 Å². The maximum absolute atomic E-state index is 10.1. The number of nitrogens with zero attached hydrogens (tertiary/aromatic N) is 2. The minimum absolute atomic E-state index is 0.0245. The van der Waals surface area contributed by atoms with Gasteiger partial charge in [-0.15, -0.1) is 0 Å². The number of likely N-dealkylation sites (tertiary alicyclic amines) is 2. The molecule has 0 bridgehead atoms. The second-order valence-electron chi connectivity index (χ2n) is 7.24. The summed E-state index contributed by atoms with van der Waals surface area (Å²) < 4.78 is 0. The fraction of sp³-hybridized carbons (Fsp3) is 1.00. The molecule has 20 heavy (non-hydrogen) atoms. The minimum atomic E-state index is -0.0245. The van der Waals surface area contributed by atoms with E-state index >= 15 is 0 Å². The van der Waals surface area contributed by atoms with Crippen molar-refractivity contribution < 1.29 is 5.11 Å². The smallest absolute Gasteiger partial charge is 0.0580 e. The number of aliphatic hydroxyl groups is 1. The normalized spacial score (nSPS) is 35.2. The Morgan fingerprint density at radius 1 is 0.750 bits per heavy atom. The molecule has 1 N–H and O–H groups in total. The van der Waals surface area contributed by atoms with Crippen molar-refractivity contribution in [2.45, 2.75) is 69.9 Å². The summed E-state index contributed by atoms with van der Waals surface area (Å²) in [5.74, 6) is 0.551. The Morgan fingerprint density at radius 2 is 1.45 bits per heavy atom. The molecule has 0 aromatic heterocycles. The molecule has 1 saturated carbocycles. The molecule has 0 aromatic rings. The zero-order chi connectivity index (χ0) is 13.8. The third-order valence-corrected chi connectivity index (χ3v) is 5.83. The fourth-order valence-corrected chi connectivity index (χ4v) is 4.48. The maximum Gasteiger partial charge on any atom is 0.0580 e. The van der Waals surface area contributed by atoms with Crippen LogP contribution in [0.3, 0.4) is 0 Å². The third kappa shape index (κ3) is 3.75. The Hall–Kier alpha value is -0.120. The largest absolute Gasteiger partial charge is 0.393 e. The van der Waals surface area contributed by atoms with Crippen LogP contribution in [-0.4, -0.2) is 59.8 Å². The Labute approximate surface area is 124 Å². The summed E-state index contributed by atoms with van der Waals surface area (Å²) in [7, 11) is 0. The molecule has 0 spiro atoms. The summed E-state index contributed by atoms with van der Waals surface area (Å²) >= 11 is 0. The zero-order valence-electron chi connectivity index (χ0n) is 13.0. The van der Waals surface area contributed by atoms with Crippen molar-refractivity contribution in [3.8, 4) is 0 Å². The highest BCUT2D eigenvalue weighted by Crippen LogP contribution is 2.27. The first-order valence-corrected chi connectivity index (χ1v) is 8.97. The molecule has 3 aliphatic rings. The van der Waals surface area contributed by atoms with Crippen molar-refractivity contribution in [1.29, 1.82) is 0 Å². The van der Waals surface area contributed by atoms with Crippen LogP contribution in [0.25, 0.3) is 0 Å². The summed E-state index contributed by atoms with van der Waals surface area (Å²) in [5.41, 5.74) is 0. The van der Waals surface area contributed by atoms with Gasteiger partial charge in [0.05, 0.1) is 6.10 Å². The highest BCUT2D eigenvalue weighted by Gasteiger charge is 2.29. The summed E-state index contributed by atoms with van der Waals surface area (Å²) in [6.07, 6.45) is 11.8. The summed E-state index contributed by atoms with van der Waals surface area (Å²) in [5, 5.41) is 10.1. The van der Waals surface area contributed by atoms with Crippen molar-refractivity contribution in [3.63, 3.8) is 0 Å². The first-order chi connectivity index (χ1) is 9.83. The molecule has 0 aromatic carbocycles. The van der Waals surface area contributed by atoms with Gasteiger partial charge >= 0.3 is 0 Å². The van der Waals surface area contributed by atoms with Gasteiger partial charge in [-0.3, -0.25) is 0 Å². The first-order valence-electron chi connectivity index (χ1n) is 8.97. The van der Waals surface area contributed by atoms with Crippen LogP contribution in [0.5, 0.6) is 0 Å². The molecule has 2 atom stereocenters. The van der Waals surface area contributed by atoms with Crippen LogP contribution < -0.4 is 0 Å². The van der Waals surface area contributed by atoms with E-state index in [1.54, 1.807) is 0 Å². The Balaban J connectivity index is 1.41. The van der Waals surface area contributed by atoms with Gasteiger partial charge in [-0.2, -0.15) is 0 Å². The second kappa shape index (κ2) is 7.24. The minimum Gasteiger partial charge on any atom is -0.393 e. The van der Waals surface area contributed by atoms with Gasteiger partial charge in [0.25, 0.3) is 0 Å². The van der Waals surface area contributed by atoms with Gasteiger partial charge in [-0.25, -0.2) is 0 Å². The quantitative estimate of drug-likeness (QED) is 0.860. The molecular formula is C17H32N2O. The number of hydrogen-bond acceptors (Lipinski definition) is 3. The monoisotopic (exact) mass is 280 g/mol. The van der Waals surface area contributed by atoms with Gasteiger partial charge in [0.1, 0.15) is 0 Å². The van der Waals surface area contributed by atoms with Crippen LogP contribution in [0.2, 0.25) is 0 Å². The topological polar surface area (TPSA) is 26.7 Å². The van der Waals surface area contributed by atoms with E-state index in [-0.39, 0.29) is 6.10 Å². The van der Waals surface area contributed by atoms with Crippen molar-refractivity contribution in [1.82, 2.24) is 9.80 Å². The molecule has 2 heterocycles. The fourth-order valence-electron chi connectivity index (χ4n) is 4.48. The number of piperidine rings is 2. The molecule has 0 amide bonds. The van der Waals surface area contributed by atoms with Gasteiger partial charge < -0.3 is 14.9 Å². The average molecular weight is 280 g/mol. The van der Waals surface area contributed by atoms with E-state index in [4.69, 9.17) is 0 Å². The highest BCUT2D eigenvalue weighted by atomic mass is 16.3. The predicted octanol–water partition coefficient (Wildman–Crippen LogP) is 2.49. The Morgan fingerprint density at radius 3 is 2.15 bits per heavy atom. The molecule has 2 unspecified atom stereocenters. The molecular weight excluding hydrogens is 248 g/mol. The van der Waals surface area contributed by atoms with E-state index in [0.717, 1.165) is 19.0 Å². The summed E-state index contributed by atoms with van der Waals surface area (Å²) in [6, 6.07) is 0.850. The number of hydrogen-bond donors (Lipinski definition) is 1. The van der Waals surface area contributed by atoms with E-state index in [2.05, 4.69) is 9.80 Å². The van der Waals surface area contributed by atoms with E-state index < -0.39 is 0 Å². The molecule has 0 radical (unpaired) electrons. The molecule has 3 nitrogen and oxygen atoms in total. The lowest BCUT2D eigenvalue weighted by atomic mass is 9.85. The van der Waals surface area contributed by atoms with Gasteiger partial charge in [0.15, 0.2) is 0 Å². The van der Waals surface area contributed by atoms with Gasteiger partial charge in [0.2, 0.25) is 0 Å². The van der Waals surface area contributed by atoms with Crippen molar-refractivity contribution in [3.05, 3.63) is 0 Å². The molecule has 2 saturated heterocycles. The lowest BCUT2D eigenvalue weighted by Crippen LogP contribution is -2.48. The molecule has 3 fully saturated rings. The Bertz CT molecular complexity index is 283. The first kappa shape index (κ1) is 14.8. The van der Waals surface area contributed by atoms with Crippen molar-refractivity contribution in [2.24, 2.45) is 5.92 Å². The number of aliphatic hydroxyl groups excluding tert-OH is 1. The van der Waals surface area contributed by atoms with Crippen LogP contribution in [-0.2, 0) is 0 Å². The third-order valence-electron chi connectivity index (χ3n) is 5.83. The van der Waals surface area contributed by atoms with Crippen molar-refractivity contribution in [2.75, 3.05) is 32.7 Å². The maximum atomic E-state index is 10.1. The molecule has 2 aliphatic heterocycles. The summed E-state index contributed by atoms with van der Waals surface area (Å²) in [6.45, 7) is 6.33. The van der Waals surface area contributed by atoms with E-state index in [1.165, 1.54) is 77.5 Å². The average Bonchev–Trinajstić information content (AvgIpc) is 2.51. The zero-order valence-corrected chi connectivity index (χ0v) is 13.0. The van der Waals surface area contributed by atoms with Gasteiger partial charge in [-0.1, -0.05) is 19.3 Å². The van der Waals surface area contributed by atoms with Crippen LogP contribution >= 0.6 is 0 Å². The van der Waals surface area contributed by atoms with Crippen LogP contribution in [0.4, 0.5) is 0 Å². The predicted molar refractivity (Wildman–Crippen MR) is 82.9 cm³/mol. The van der Waals surface area contributed by atoms with Crippen LogP contribution in [0.1, 0.15) is 57.8 Å². The lowest BCUT2D eigenvalue weighted by molar-refractivity contribution is 0.0299. The molecule has 1 aliphatic carbocycles. The molecule has 116 valence electrons. The van der Waals surface area contributed by atoms with E-state index in [0.29, 0.717) is 5.92 Å². The number of rotatable bonds is 3. The van der Waals surface area contributed by atoms with Crippen molar-refractivity contribution >= 4 is 0 Å². The molecule has 3 rings (SSSR count).